The van der Waals surface area contributed by atoms with E-state index in [9.17, 15) is 5.11 Å². The summed E-state index contributed by atoms with van der Waals surface area (Å²) in [6, 6.07) is 0. The molecule has 1 aliphatic heterocycles. The van der Waals surface area contributed by atoms with Gasteiger partial charge in [0, 0.05) is 7.11 Å². The minimum absolute atomic E-state index is 0.426. The standard InChI is InChI=1S/C10H16O3/c1-4-5-6-8-7-13-10(2,12-3)9(8)11/h4-6,9,11H,7H2,1-3H3/b5-4+,8-6+/t9-,10-/m0/s1. The Kier molecular flexibility index (Phi) is 3.25. The maximum Gasteiger partial charge on any atom is 0.195 e. The molecule has 1 saturated heterocycles. The first-order chi connectivity index (χ1) is 6.14. The van der Waals surface area contributed by atoms with Crippen molar-refractivity contribution in [2.24, 2.45) is 0 Å². The zero-order chi connectivity index (χ0) is 9.90. The van der Waals surface area contributed by atoms with E-state index in [1.54, 1.807) is 6.92 Å². The molecule has 0 amide bonds. The first-order valence-corrected chi connectivity index (χ1v) is 4.33. The molecule has 0 radical (unpaired) electrons. The molecule has 0 bridgehead atoms. The van der Waals surface area contributed by atoms with Crippen molar-refractivity contribution in [2.45, 2.75) is 25.7 Å². The lowest BCUT2D eigenvalue weighted by atomic mass is 10.1. The highest BCUT2D eigenvalue weighted by Crippen LogP contribution is 2.30. The zero-order valence-electron chi connectivity index (χ0n) is 8.28. The molecule has 3 heteroatoms. The van der Waals surface area contributed by atoms with Crippen molar-refractivity contribution in [3.8, 4) is 0 Å². The van der Waals surface area contributed by atoms with Crippen LogP contribution in [-0.4, -0.2) is 30.7 Å². The normalized spacial score (nSPS) is 37.8. The monoisotopic (exact) mass is 184 g/mol. The predicted molar refractivity (Wildman–Crippen MR) is 50.3 cm³/mol. The van der Waals surface area contributed by atoms with E-state index in [-0.39, 0.29) is 0 Å². The average molecular weight is 184 g/mol. The maximum absolute atomic E-state index is 9.78. The molecule has 0 saturated carbocycles. The molecule has 1 rings (SSSR count). The van der Waals surface area contributed by atoms with E-state index in [0.717, 1.165) is 5.57 Å². The van der Waals surface area contributed by atoms with Crippen LogP contribution < -0.4 is 0 Å². The molecule has 1 aliphatic rings. The van der Waals surface area contributed by atoms with E-state index in [4.69, 9.17) is 9.47 Å². The number of ether oxygens (including phenoxy) is 2. The molecule has 0 aromatic rings. The number of hydrogen-bond donors (Lipinski definition) is 1. The third-order valence-electron chi connectivity index (χ3n) is 2.28. The molecule has 74 valence electrons. The summed E-state index contributed by atoms with van der Waals surface area (Å²) in [7, 11) is 1.53. The first-order valence-electron chi connectivity index (χ1n) is 4.33. The van der Waals surface area contributed by atoms with Crippen LogP contribution in [0.2, 0.25) is 0 Å². The Labute approximate surface area is 78.7 Å². The van der Waals surface area contributed by atoms with Crippen LogP contribution >= 0.6 is 0 Å². The number of aliphatic hydroxyl groups excluding tert-OH is 1. The molecule has 0 aliphatic carbocycles. The molecule has 1 N–H and O–H groups in total. The Balaban J connectivity index is 2.75. The number of allylic oxidation sites excluding steroid dienone is 3. The molecular weight excluding hydrogens is 168 g/mol. The second-order valence-electron chi connectivity index (χ2n) is 3.18. The van der Waals surface area contributed by atoms with Gasteiger partial charge < -0.3 is 14.6 Å². The Morgan fingerprint density at radius 2 is 2.38 bits per heavy atom. The molecule has 0 aromatic heterocycles. The van der Waals surface area contributed by atoms with E-state index >= 15 is 0 Å². The predicted octanol–water partition coefficient (Wildman–Crippen LogP) is 1.24. The number of rotatable bonds is 2. The Hall–Kier alpha value is -0.640. The van der Waals surface area contributed by atoms with E-state index in [2.05, 4.69) is 0 Å². The van der Waals surface area contributed by atoms with Crippen molar-refractivity contribution in [3.63, 3.8) is 0 Å². The zero-order valence-corrected chi connectivity index (χ0v) is 8.28. The van der Waals surface area contributed by atoms with Gasteiger partial charge in [-0.05, 0) is 19.4 Å². The van der Waals surface area contributed by atoms with Crippen LogP contribution in [0.5, 0.6) is 0 Å². The molecule has 0 aromatic carbocycles. The second-order valence-corrected chi connectivity index (χ2v) is 3.18. The van der Waals surface area contributed by atoms with Crippen LogP contribution in [0, 0.1) is 0 Å². The van der Waals surface area contributed by atoms with Gasteiger partial charge in [-0.2, -0.15) is 0 Å². The quantitative estimate of drug-likeness (QED) is 0.701. The van der Waals surface area contributed by atoms with Crippen molar-refractivity contribution in [1.29, 1.82) is 0 Å². The van der Waals surface area contributed by atoms with Crippen molar-refractivity contribution < 1.29 is 14.6 Å². The lowest BCUT2D eigenvalue weighted by molar-refractivity contribution is -0.217. The fraction of sp³-hybridized carbons (Fsp3) is 0.600. The summed E-state index contributed by atoms with van der Waals surface area (Å²) in [4.78, 5) is 0. The van der Waals surface area contributed by atoms with Gasteiger partial charge in [0.25, 0.3) is 0 Å². The van der Waals surface area contributed by atoms with Crippen molar-refractivity contribution in [3.05, 3.63) is 23.8 Å². The number of methoxy groups -OCH3 is 1. The fourth-order valence-corrected chi connectivity index (χ4v) is 1.25. The molecule has 1 fully saturated rings. The van der Waals surface area contributed by atoms with Gasteiger partial charge in [-0.1, -0.05) is 18.2 Å². The van der Waals surface area contributed by atoms with Gasteiger partial charge in [0.15, 0.2) is 5.79 Å². The highest BCUT2D eigenvalue weighted by molar-refractivity contribution is 5.22. The van der Waals surface area contributed by atoms with Crippen molar-refractivity contribution in [1.82, 2.24) is 0 Å². The minimum Gasteiger partial charge on any atom is -0.383 e. The summed E-state index contributed by atoms with van der Waals surface area (Å²) in [5.41, 5.74) is 0.849. The molecule has 1 heterocycles. The molecule has 2 atom stereocenters. The third-order valence-corrected chi connectivity index (χ3v) is 2.28. The largest absolute Gasteiger partial charge is 0.383 e. The van der Waals surface area contributed by atoms with Gasteiger partial charge in [-0.25, -0.2) is 0 Å². The van der Waals surface area contributed by atoms with Gasteiger partial charge >= 0.3 is 0 Å². The minimum atomic E-state index is -0.882. The first kappa shape index (κ1) is 10.4. The Bertz CT molecular complexity index is 232. The Morgan fingerprint density at radius 3 is 2.85 bits per heavy atom. The summed E-state index contributed by atoms with van der Waals surface area (Å²) in [6.07, 6.45) is 4.97. The molecule has 13 heavy (non-hydrogen) atoms. The second kappa shape index (κ2) is 4.05. The molecule has 0 spiro atoms. The van der Waals surface area contributed by atoms with E-state index in [1.165, 1.54) is 7.11 Å². The summed E-state index contributed by atoms with van der Waals surface area (Å²) in [5.74, 6) is -0.882. The Morgan fingerprint density at radius 1 is 1.69 bits per heavy atom. The fourth-order valence-electron chi connectivity index (χ4n) is 1.25. The van der Waals surface area contributed by atoms with Crippen LogP contribution in [0.1, 0.15) is 13.8 Å². The number of hydrogen-bond acceptors (Lipinski definition) is 3. The SMILES string of the molecule is C/C=C/C=C1\CO[C@](C)(OC)[C@H]1O. The van der Waals surface area contributed by atoms with E-state index in [0.29, 0.717) is 6.61 Å². The summed E-state index contributed by atoms with van der Waals surface area (Å²) < 4.78 is 10.4. The van der Waals surface area contributed by atoms with Gasteiger partial charge in [-0.15, -0.1) is 0 Å². The van der Waals surface area contributed by atoms with Gasteiger partial charge in [0.2, 0.25) is 0 Å². The van der Waals surface area contributed by atoms with Crippen LogP contribution in [0.25, 0.3) is 0 Å². The van der Waals surface area contributed by atoms with Gasteiger partial charge in [0.05, 0.1) is 6.61 Å². The highest BCUT2D eigenvalue weighted by Gasteiger charge is 2.42. The third kappa shape index (κ3) is 1.99. The lowest BCUT2D eigenvalue weighted by Gasteiger charge is -2.24. The van der Waals surface area contributed by atoms with Crippen LogP contribution in [-0.2, 0) is 9.47 Å². The van der Waals surface area contributed by atoms with Crippen LogP contribution in [0.4, 0.5) is 0 Å². The average Bonchev–Trinajstić information content (AvgIpc) is 2.43. The van der Waals surface area contributed by atoms with Crippen molar-refractivity contribution >= 4 is 0 Å². The lowest BCUT2D eigenvalue weighted by Crippen LogP contribution is -2.38. The molecule has 0 unspecified atom stereocenters. The smallest absolute Gasteiger partial charge is 0.195 e. The number of aliphatic hydroxyl groups is 1. The summed E-state index contributed by atoms with van der Waals surface area (Å²) in [5, 5.41) is 9.78. The molecule has 3 nitrogen and oxygen atoms in total. The van der Waals surface area contributed by atoms with Gasteiger partial charge in [-0.3, -0.25) is 0 Å². The summed E-state index contributed by atoms with van der Waals surface area (Å²) in [6.45, 7) is 4.08. The van der Waals surface area contributed by atoms with E-state index < -0.39 is 11.9 Å². The van der Waals surface area contributed by atoms with Gasteiger partial charge in [0.1, 0.15) is 6.10 Å². The topological polar surface area (TPSA) is 38.7 Å². The summed E-state index contributed by atoms with van der Waals surface area (Å²) >= 11 is 0. The van der Waals surface area contributed by atoms with E-state index in [1.807, 2.05) is 25.2 Å². The van der Waals surface area contributed by atoms with Crippen molar-refractivity contribution in [2.75, 3.05) is 13.7 Å². The molecular formula is C10H16O3. The maximum atomic E-state index is 9.78. The highest BCUT2D eigenvalue weighted by atomic mass is 16.7. The van der Waals surface area contributed by atoms with Crippen LogP contribution in [0.15, 0.2) is 23.8 Å². The van der Waals surface area contributed by atoms with Crippen LogP contribution in [0.3, 0.4) is 0 Å².